The summed E-state index contributed by atoms with van der Waals surface area (Å²) in [5.41, 5.74) is 0.714. The van der Waals surface area contributed by atoms with Gasteiger partial charge < -0.3 is 14.3 Å². The van der Waals surface area contributed by atoms with Gasteiger partial charge in [0.05, 0.1) is 11.4 Å². The minimum Gasteiger partial charge on any atom is -0.431 e. The van der Waals surface area contributed by atoms with Crippen molar-refractivity contribution in [3.63, 3.8) is 0 Å². The molecular formula is C16H14FN3O3S. The first kappa shape index (κ1) is 16.3. The van der Waals surface area contributed by atoms with Gasteiger partial charge in [0, 0.05) is 11.6 Å². The van der Waals surface area contributed by atoms with Crippen LogP contribution in [0.1, 0.15) is 12.7 Å². The molecule has 2 heterocycles. The molecule has 0 spiro atoms. The number of carbonyl (C=O) groups is 1. The number of thioether (sulfide) groups is 1. The number of hydrogen-bond acceptors (Lipinski definition) is 6. The summed E-state index contributed by atoms with van der Waals surface area (Å²) in [5.74, 6) is 0.930. The van der Waals surface area contributed by atoms with Crippen LogP contribution in [0, 0.1) is 12.7 Å². The topological polar surface area (TPSA) is 81.2 Å². The first-order chi connectivity index (χ1) is 11.5. The van der Waals surface area contributed by atoms with Gasteiger partial charge in [0.2, 0.25) is 5.91 Å². The van der Waals surface area contributed by atoms with E-state index in [1.54, 1.807) is 38.2 Å². The Morgan fingerprint density at radius 1 is 1.33 bits per heavy atom. The number of rotatable bonds is 5. The summed E-state index contributed by atoms with van der Waals surface area (Å²) in [7, 11) is 0. The van der Waals surface area contributed by atoms with Crippen molar-refractivity contribution in [2.75, 3.05) is 5.32 Å². The summed E-state index contributed by atoms with van der Waals surface area (Å²) in [5, 5.41) is 6.27. The fraction of sp³-hybridized carbons (Fsp3) is 0.188. The lowest BCUT2D eigenvalue weighted by Gasteiger charge is -2.07. The van der Waals surface area contributed by atoms with Crippen molar-refractivity contribution >= 4 is 23.5 Å². The lowest BCUT2D eigenvalue weighted by atomic mass is 10.2. The molecule has 2 aromatic heterocycles. The van der Waals surface area contributed by atoms with Crippen LogP contribution in [0.15, 0.2) is 50.7 Å². The smallest absolute Gasteiger partial charge is 0.256 e. The highest BCUT2D eigenvalue weighted by molar-refractivity contribution is 8.00. The zero-order chi connectivity index (χ0) is 17.1. The van der Waals surface area contributed by atoms with Crippen molar-refractivity contribution in [3.8, 4) is 11.3 Å². The van der Waals surface area contributed by atoms with Gasteiger partial charge in [0.15, 0.2) is 11.6 Å². The van der Waals surface area contributed by atoms with E-state index in [2.05, 4.69) is 15.5 Å². The number of benzene rings is 1. The highest BCUT2D eigenvalue weighted by atomic mass is 32.2. The van der Waals surface area contributed by atoms with Crippen molar-refractivity contribution in [1.82, 2.24) is 10.1 Å². The van der Waals surface area contributed by atoms with Crippen LogP contribution < -0.4 is 5.32 Å². The minimum absolute atomic E-state index is 0.241. The van der Waals surface area contributed by atoms with Crippen LogP contribution in [-0.2, 0) is 4.79 Å². The van der Waals surface area contributed by atoms with Crippen LogP contribution in [0.3, 0.4) is 0 Å². The van der Waals surface area contributed by atoms with E-state index in [0.29, 0.717) is 28.1 Å². The normalized spacial score (nSPS) is 12.1. The number of nitrogens with zero attached hydrogens (tertiary/aromatic N) is 2. The molecule has 8 heteroatoms. The van der Waals surface area contributed by atoms with Crippen LogP contribution in [0.5, 0.6) is 0 Å². The number of hydrogen-bond donors (Lipinski definition) is 1. The van der Waals surface area contributed by atoms with Gasteiger partial charge in [0.1, 0.15) is 11.6 Å². The van der Waals surface area contributed by atoms with E-state index in [9.17, 15) is 9.18 Å². The van der Waals surface area contributed by atoms with Crippen molar-refractivity contribution in [3.05, 3.63) is 48.1 Å². The third kappa shape index (κ3) is 3.83. The summed E-state index contributed by atoms with van der Waals surface area (Å²) in [6.07, 6.45) is 1.54. The number of aryl methyl sites for hydroxylation is 1. The molecule has 0 saturated carbocycles. The molecule has 0 aliphatic rings. The fourth-order valence-corrected chi connectivity index (χ4v) is 2.64. The molecule has 1 amide bonds. The zero-order valence-electron chi connectivity index (χ0n) is 12.9. The van der Waals surface area contributed by atoms with E-state index >= 15 is 0 Å². The fourth-order valence-electron chi connectivity index (χ4n) is 1.92. The summed E-state index contributed by atoms with van der Waals surface area (Å²) in [4.78, 5) is 16.3. The predicted molar refractivity (Wildman–Crippen MR) is 87.1 cm³/mol. The second kappa shape index (κ2) is 6.88. The Hall–Kier alpha value is -2.61. The number of oxazole rings is 1. The van der Waals surface area contributed by atoms with E-state index < -0.39 is 5.25 Å². The first-order valence-electron chi connectivity index (χ1n) is 7.14. The molecule has 6 nitrogen and oxygen atoms in total. The largest absolute Gasteiger partial charge is 0.431 e. The Balaban J connectivity index is 1.63. The summed E-state index contributed by atoms with van der Waals surface area (Å²) >= 11 is 1.17. The molecule has 0 bridgehead atoms. The Bertz CT molecular complexity index is 844. The monoisotopic (exact) mass is 347 g/mol. The third-order valence-corrected chi connectivity index (χ3v) is 4.10. The van der Waals surface area contributed by atoms with Crippen LogP contribution in [0.2, 0.25) is 0 Å². The molecule has 1 atom stereocenters. The summed E-state index contributed by atoms with van der Waals surface area (Å²) < 4.78 is 23.4. The Kier molecular flexibility index (Phi) is 4.66. The summed E-state index contributed by atoms with van der Waals surface area (Å²) in [6.45, 7) is 3.47. The van der Waals surface area contributed by atoms with Crippen LogP contribution in [0.4, 0.5) is 10.2 Å². The number of anilines is 1. The second-order valence-electron chi connectivity index (χ2n) is 5.07. The lowest BCUT2D eigenvalue weighted by molar-refractivity contribution is -0.115. The van der Waals surface area contributed by atoms with Crippen molar-refractivity contribution in [2.24, 2.45) is 0 Å². The maximum absolute atomic E-state index is 12.9. The maximum atomic E-state index is 12.9. The van der Waals surface area contributed by atoms with Crippen molar-refractivity contribution in [2.45, 2.75) is 24.3 Å². The Morgan fingerprint density at radius 3 is 2.75 bits per heavy atom. The van der Waals surface area contributed by atoms with Crippen molar-refractivity contribution < 1.29 is 18.1 Å². The molecule has 0 aliphatic heterocycles. The van der Waals surface area contributed by atoms with Gasteiger partial charge in [-0.1, -0.05) is 16.9 Å². The lowest BCUT2D eigenvalue weighted by Crippen LogP contribution is -2.22. The average Bonchev–Trinajstić information content (AvgIpc) is 3.17. The summed E-state index contributed by atoms with van der Waals surface area (Å²) in [6, 6.07) is 7.54. The molecule has 24 heavy (non-hydrogen) atoms. The molecule has 124 valence electrons. The molecule has 0 fully saturated rings. The zero-order valence-corrected chi connectivity index (χ0v) is 13.8. The molecule has 0 unspecified atom stereocenters. The molecule has 0 saturated heterocycles. The number of halogens is 1. The molecule has 0 radical (unpaired) electrons. The number of amides is 1. The Morgan fingerprint density at radius 2 is 2.08 bits per heavy atom. The maximum Gasteiger partial charge on any atom is 0.256 e. The molecule has 1 aromatic carbocycles. The highest BCUT2D eigenvalue weighted by Gasteiger charge is 2.19. The number of carbonyl (C=O) groups excluding carboxylic acids is 1. The van der Waals surface area contributed by atoms with E-state index in [-0.39, 0.29) is 11.7 Å². The average molecular weight is 347 g/mol. The number of nitrogens with one attached hydrogen (secondary N) is 1. The van der Waals surface area contributed by atoms with Gasteiger partial charge in [-0.25, -0.2) is 9.37 Å². The van der Waals surface area contributed by atoms with E-state index in [1.165, 1.54) is 23.9 Å². The highest BCUT2D eigenvalue weighted by Crippen LogP contribution is 2.28. The van der Waals surface area contributed by atoms with Gasteiger partial charge in [0.25, 0.3) is 5.22 Å². The van der Waals surface area contributed by atoms with Crippen molar-refractivity contribution in [1.29, 1.82) is 0 Å². The van der Waals surface area contributed by atoms with E-state index in [1.807, 2.05) is 0 Å². The van der Waals surface area contributed by atoms with Gasteiger partial charge in [-0.2, -0.15) is 0 Å². The quantitative estimate of drug-likeness (QED) is 0.705. The van der Waals surface area contributed by atoms with Crippen LogP contribution in [-0.4, -0.2) is 21.3 Å². The van der Waals surface area contributed by atoms with Crippen LogP contribution in [0.25, 0.3) is 11.3 Å². The van der Waals surface area contributed by atoms with Gasteiger partial charge in [-0.05, 0) is 38.1 Å². The third-order valence-electron chi connectivity index (χ3n) is 3.14. The number of aromatic nitrogens is 2. The first-order valence-corrected chi connectivity index (χ1v) is 8.02. The van der Waals surface area contributed by atoms with Crippen LogP contribution >= 0.6 is 11.8 Å². The standard InChI is InChI=1S/C16H14FN3O3S/c1-9-7-14(20-23-9)19-15(21)10(2)24-16-18-8-13(22-16)11-3-5-12(17)6-4-11/h3-8,10H,1-2H3,(H,19,20,21)/t10-/m1/s1. The molecule has 1 N–H and O–H groups in total. The molecule has 3 aromatic rings. The van der Waals surface area contributed by atoms with E-state index in [0.717, 1.165) is 0 Å². The van der Waals surface area contributed by atoms with Gasteiger partial charge in [-0.3, -0.25) is 4.79 Å². The van der Waals surface area contributed by atoms with E-state index in [4.69, 9.17) is 8.94 Å². The molecular weight excluding hydrogens is 333 g/mol. The SMILES string of the molecule is Cc1cc(NC(=O)[C@@H](C)Sc2ncc(-c3ccc(F)cc3)o2)no1. The Labute approximate surface area is 141 Å². The second-order valence-corrected chi connectivity index (χ2v) is 6.36. The predicted octanol–water partition coefficient (Wildman–Crippen LogP) is 3.90. The van der Waals surface area contributed by atoms with Gasteiger partial charge in [-0.15, -0.1) is 0 Å². The molecule has 0 aliphatic carbocycles. The minimum atomic E-state index is -0.443. The van der Waals surface area contributed by atoms with Gasteiger partial charge >= 0.3 is 0 Å². The molecule has 3 rings (SSSR count).